The topological polar surface area (TPSA) is 36.9 Å². The minimum Gasteiger partial charge on any atom is -0.496 e. The van der Waals surface area contributed by atoms with Crippen LogP contribution in [0.25, 0.3) is 0 Å². The second-order valence-corrected chi connectivity index (χ2v) is 5.15. The lowest BCUT2D eigenvalue weighted by Gasteiger charge is -2.22. The van der Waals surface area contributed by atoms with E-state index in [1.54, 1.807) is 14.2 Å². The molecule has 1 rings (SSSR count). The van der Waals surface area contributed by atoms with Crippen molar-refractivity contribution in [1.82, 2.24) is 10.2 Å². The molecule has 1 aromatic rings. The van der Waals surface area contributed by atoms with Gasteiger partial charge in [0.1, 0.15) is 5.75 Å². The van der Waals surface area contributed by atoms with Gasteiger partial charge in [0, 0.05) is 37.8 Å². The summed E-state index contributed by atoms with van der Waals surface area (Å²) in [5, 5.41) is 4.00. The highest BCUT2D eigenvalue weighted by Gasteiger charge is 2.08. The van der Waals surface area contributed by atoms with Crippen molar-refractivity contribution in [3.05, 3.63) is 41.4 Å². The molecule has 0 atom stereocenters. The molecule has 0 aliphatic rings. The number of guanidine groups is 1. The lowest BCUT2D eigenvalue weighted by atomic mass is 10.2. The molecule has 0 radical (unpaired) electrons. The van der Waals surface area contributed by atoms with Crippen molar-refractivity contribution < 1.29 is 4.74 Å². The van der Waals surface area contributed by atoms with Crippen LogP contribution < -0.4 is 10.1 Å². The van der Waals surface area contributed by atoms with Gasteiger partial charge in [-0.2, -0.15) is 0 Å². The van der Waals surface area contributed by atoms with Crippen molar-refractivity contribution in [2.75, 3.05) is 27.7 Å². The van der Waals surface area contributed by atoms with Crippen LogP contribution in [0.3, 0.4) is 0 Å². The van der Waals surface area contributed by atoms with E-state index in [2.05, 4.69) is 21.8 Å². The van der Waals surface area contributed by atoms with Crippen LogP contribution in [0.4, 0.5) is 0 Å². The second kappa shape index (κ2) is 11.6. The molecular formula is C16H25ClIN3O. The maximum absolute atomic E-state index is 5.97. The van der Waals surface area contributed by atoms with Crippen molar-refractivity contribution in [2.45, 2.75) is 19.4 Å². The quantitative estimate of drug-likeness (QED) is 0.231. The Bertz CT molecular complexity index is 494. The van der Waals surface area contributed by atoms with Crippen LogP contribution in [0.15, 0.2) is 35.8 Å². The molecule has 0 unspecified atom stereocenters. The van der Waals surface area contributed by atoms with Gasteiger partial charge < -0.3 is 15.0 Å². The average molecular weight is 438 g/mol. The Hall–Kier alpha value is -0.950. The van der Waals surface area contributed by atoms with Crippen molar-refractivity contribution in [3.8, 4) is 5.75 Å². The standard InChI is InChI=1S/C16H24ClN3O.HI/c1-5-6-7-10-20(3)16(18-2)19-12-13-8-9-14(17)11-15(13)21-4;/h5,8-9,11H,1,6-7,10,12H2,2-4H3,(H,18,19);1H. The number of hydrogen-bond acceptors (Lipinski definition) is 2. The van der Waals surface area contributed by atoms with Gasteiger partial charge >= 0.3 is 0 Å². The predicted molar refractivity (Wildman–Crippen MR) is 106 cm³/mol. The van der Waals surface area contributed by atoms with E-state index >= 15 is 0 Å². The molecular weight excluding hydrogens is 413 g/mol. The maximum Gasteiger partial charge on any atom is 0.193 e. The van der Waals surface area contributed by atoms with Crippen LogP contribution in [-0.4, -0.2) is 38.6 Å². The number of nitrogens with one attached hydrogen (secondary N) is 1. The molecule has 0 saturated heterocycles. The van der Waals surface area contributed by atoms with Crippen LogP contribution in [0.2, 0.25) is 5.02 Å². The van der Waals surface area contributed by atoms with Gasteiger partial charge in [-0.1, -0.05) is 23.7 Å². The number of aliphatic imine (C=N–C) groups is 1. The molecule has 124 valence electrons. The average Bonchev–Trinajstić information content (AvgIpc) is 2.49. The van der Waals surface area contributed by atoms with Gasteiger partial charge in [-0.15, -0.1) is 30.6 Å². The zero-order valence-electron chi connectivity index (χ0n) is 13.4. The fraction of sp³-hybridized carbons (Fsp3) is 0.438. The Morgan fingerprint density at radius 3 is 2.82 bits per heavy atom. The third-order valence-electron chi connectivity index (χ3n) is 3.16. The third-order valence-corrected chi connectivity index (χ3v) is 3.40. The smallest absolute Gasteiger partial charge is 0.193 e. The van der Waals surface area contributed by atoms with E-state index in [-0.39, 0.29) is 24.0 Å². The number of allylic oxidation sites excluding steroid dienone is 1. The van der Waals surface area contributed by atoms with Crippen LogP contribution in [0, 0.1) is 0 Å². The zero-order chi connectivity index (χ0) is 15.7. The van der Waals surface area contributed by atoms with Crippen LogP contribution in [-0.2, 0) is 6.54 Å². The minimum atomic E-state index is 0. The molecule has 4 nitrogen and oxygen atoms in total. The summed E-state index contributed by atoms with van der Waals surface area (Å²) < 4.78 is 5.34. The van der Waals surface area contributed by atoms with Crippen LogP contribution in [0.5, 0.6) is 5.75 Å². The van der Waals surface area contributed by atoms with E-state index in [9.17, 15) is 0 Å². The van der Waals surface area contributed by atoms with E-state index in [0.29, 0.717) is 11.6 Å². The Balaban J connectivity index is 0.00000441. The minimum absolute atomic E-state index is 0. The lowest BCUT2D eigenvalue weighted by Crippen LogP contribution is -2.39. The highest BCUT2D eigenvalue weighted by Crippen LogP contribution is 2.22. The van der Waals surface area contributed by atoms with E-state index in [1.165, 1.54) is 0 Å². The summed E-state index contributed by atoms with van der Waals surface area (Å²) in [7, 11) is 5.45. The van der Waals surface area contributed by atoms with E-state index < -0.39 is 0 Å². The molecule has 0 spiro atoms. The number of rotatable bonds is 7. The largest absolute Gasteiger partial charge is 0.496 e. The monoisotopic (exact) mass is 437 g/mol. The first-order valence-electron chi connectivity index (χ1n) is 6.97. The van der Waals surface area contributed by atoms with Gasteiger partial charge in [-0.25, -0.2) is 0 Å². The summed E-state index contributed by atoms with van der Waals surface area (Å²) >= 11 is 5.97. The number of nitrogens with zero attached hydrogens (tertiary/aromatic N) is 2. The summed E-state index contributed by atoms with van der Waals surface area (Å²) in [5.41, 5.74) is 1.04. The number of halogens is 2. The van der Waals surface area contributed by atoms with Gasteiger partial charge in [0.05, 0.1) is 7.11 Å². The molecule has 0 aromatic heterocycles. The lowest BCUT2D eigenvalue weighted by molar-refractivity contribution is 0.408. The molecule has 0 fully saturated rings. The molecule has 0 aliphatic carbocycles. The van der Waals surface area contributed by atoms with Gasteiger partial charge in [-0.3, -0.25) is 4.99 Å². The molecule has 1 aromatic carbocycles. The Morgan fingerprint density at radius 2 is 2.23 bits per heavy atom. The highest BCUT2D eigenvalue weighted by atomic mass is 127. The van der Waals surface area contributed by atoms with Gasteiger partial charge in [-0.05, 0) is 25.0 Å². The molecule has 0 heterocycles. The Kier molecular flexibility index (Phi) is 11.1. The summed E-state index contributed by atoms with van der Waals surface area (Å²) in [6.45, 7) is 5.31. The van der Waals surface area contributed by atoms with E-state index in [0.717, 1.165) is 36.7 Å². The van der Waals surface area contributed by atoms with E-state index in [4.69, 9.17) is 16.3 Å². The summed E-state index contributed by atoms with van der Waals surface area (Å²) in [6.07, 6.45) is 4.00. The van der Waals surface area contributed by atoms with Gasteiger partial charge in [0.15, 0.2) is 5.96 Å². The first-order valence-corrected chi connectivity index (χ1v) is 7.35. The first kappa shape index (κ1) is 21.0. The zero-order valence-corrected chi connectivity index (χ0v) is 16.5. The van der Waals surface area contributed by atoms with Crippen LogP contribution >= 0.6 is 35.6 Å². The number of ether oxygens (including phenoxy) is 1. The van der Waals surface area contributed by atoms with Crippen molar-refractivity contribution in [3.63, 3.8) is 0 Å². The fourth-order valence-electron chi connectivity index (χ4n) is 2.00. The summed E-state index contributed by atoms with van der Waals surface area (Å²) in [6, 6.07) is 5.63. The molecule has 0 amide bonds. The van der Waals surface area contributed by atoms with Crippen molar-refractivity contribution in [2.24, 2.45) is 4.99 Å². The summed E-state index contributed by atoms with van der Waals surface area (Å²) in [5.74, 6) is 1.64. The number of benzene rings is 1. The molecule has 6 heteroatoms. The normalized spacial score (nSPS) is 10.6. The van der Waals surface area contributed by atoms with Gasteiger partial charge in [0.2, 0.25) is 0 Å². The third kappa shape index (κ3) is 6.87. The Morgan fingerprint density at radius 1 is 1.50 bits per heavy atom. The van der Waals surface area contributed by atoms with E-state index in [1.807, 2.05) is 31.3 Å². The van der Waals surface area contributed by atoms with Crippen molar-refractivity contribution in [1.29, 1.82) is 0 Å². The maximum atomic E-state index is 5.97. The fourth-order valence-corrected chi connectivity index (χ4v) is 2.16. The van der Waals surface area contributed by atoms with Crippen LogP contribution in [0.1, 0.15) is 18.4 Å². The molecule has 1 N–H and O–H groups in total. The second-order valence-electron chi connectivity index (χ2n) is 4.71. The summed E-state index contributed by atoms with van der Waals surface area (Å²) in [4.78, 5) is 6.40. The first-order chi connectivity index (χ1) is 10.1. The number of unbranched alkanes of at least 4 members (excludes halogenated alkanes) is 1. The SMILES string of the molecule is C=CCCCN(C)C(=NC)NCc1ccc(Cl)cc1OC.I. The molecule has 0 aliphatic heterocycles. The molecule has 22 heavy (non-hydrogen) atoms. The Labute approximate surface area is 155 Å². The number of hydrogen-bond donors (Lipinski definition) is 1. The number of methoxy groups -OCH3 is 1. The van der Waals surface area contributed by atoms with Crippen molar-refractivity contribution >= 4 is 41.5 Å². The predicted octanol–water partition coefficient (Wildman–Crippen LogP) is 3.94. The van der Waals surface area contributed by atoms with Gasteiger partial charge in [0.25, 0.3) is 0 Å². The molecule has 0 bridgehead atoms. The highest BCUT2D eigenvalue weighted by molar-refractivity contribution is 14.0. The molecule has 0 saturated carbocycles.